The highest BCUT2D eigenvalue weighted by atomic mass is 19.4. The third-order valence-electron chi connectivity index (χ3n) is 3.27. The second-order valence-corrected chi connectivity index (χ2v) is 5.03. The number of alkyl halides is 3. The maximum atomic E-state index is 11.9. The SMILES string of the molecule is O=C(NNC(=O)C1CC(OC(F)(F)F)C1)OCc1ccccc1. The number of hydrazine groups is 1. The second-order valence-electron chi connectivity index (χ2n) is 5.03. The van der Waals surface area contributed by atoms with E-state index in [4.69, 9.17) is 4.74 Å². The van der Waals surface area contributed by atoms with Crippen molar-refractivity contribution in [3.8, 4) is 0 Å². The van der Waals surface area contributed by atoms with Gasteiger partial charge in [-0.15, -0.1) is 13.2 Å². The quantitative estimate of drug-likeness (QED) is 0.829. The van der Waals surface area contributed by atoms with Crippen molar-refractivity contribution in [1.29, 1.82) is 0 Å². The first-order chi connectivity index (χ1) is 10.8. The van der Waals surface area contributed by atoms with E-state index in [1.807, 2.05) is 11.5 Å². The number of hydrogen-bond donors (Lipinski definition) is 2. The zero-order valence-corrected chi connectivity index (χ0v) is 11.9. The Morgan fingerprint density at radius 2 is 1.78 bits per heavy atom. The monoisotopic (exact) mass is 332 g/mol. The molecule has 1 fully saturated rings. The van der Waals surface area contributed by atoms with Gasteiger partial charge in [0.05, 0.1) is 6.10 Å². The van der Waals surface area contributed by atoms with Gasteiger partial charge >= 0.3 is 12.5 Å². The molecule has 2 amide bonds. The predicted molar refractivity (Wildman–Crippen MR) is 71.6 cm³/mol. The zero-order valence-electron chi connectivity index (χ0n) is 11.9. The van der Waals surface area contributed by atoms with Gasteiger partial charge in [0, 0.05) is 5.92 Å². The Morgan fingerprint density at radius 1 is 1.13 bits per heavy atom. The van der Waals surface area contributed by atoms with Gasteiger partial charge in [-0.1, -0.05) is 30.3 Å². The van der Waals surface area contributed by atoms with Gasteiger partial charge in [-0.05, 0) is 18.4 Å². The summed E-state index contributed by atoms with van der Waals surface area (Å²) in [6, 6.07) is 8.92. The fourth-order valence-electron chi connectivity index (χ4n) is 2.04. The molecule has 0 radical (unpaired) electrons. The lowest BCUT2D eigenvalue weighted by molar-refractivity contribution is -0.353. The first-order valence-electron chi connectivity index (χ1n) is 6.84. The number of benzene rings is 1. The highest BCUT2D eigenvalue weighted by molar-refractivity contribution is 5.81. The summed E-state index contributed by atoms with van der Waals surface area (Å²) >= 11 is 0. The molecule has 2 rings (SSSR count). The topological polar surface area (TPSA) is 76.7 Å². The Kier molecular flexibility index (Phi) is 5.43. The van der Waals surface area contributed by atoms with Gasteiger partial charge < -0.3 is 4.74 Å². The average Bonchev–Trinajstić information content (AvgIpc) is 2.46. The van der Waals surface area contributed by atoms with E-state index >= 15 is 0 Å². The fraction of sp³-hybridized carbons (Fsp3) is 0.429. The largest absolute Gasteiger partial charge is 0.522 e. The number of amides is 2. The molecule has 1 aromatic rings. The maximum absolute atomic E-state index is 11.9. The first-order valence-corrected chi connectivity index (χ1v) is 6.84. The molecular weight excluding hydrogens is 317 g/mol. The molecule has 9 heteroatoms. The van der Waals surface area contributed by atoms with Gasteiger partial charge in [-0.2, -0.15) is 0 Å². The van der Waals surface area contributed by atoms with Crippen LogP contribution in [0.15, 0.2) is 30.3 Å². The summed E-state index contributed by atoms with van der Waals surface area (Å²) in [5, 5.41) is 0. The van der Waals surface area contributed by atoms with Crippen molar-refractivity contribution in [2.24, 2.45) is 5.92 Å². The number of halogens is 3. The lowest BCUT2D eigenvalue weighted by Crippen LogP contribution is -2.49. The molecule has 1 saturated carbocycles. The summed E-state index contributed by atoms with van der Waals surface area (Å²) in [5.41, 5.74) is 4.92. The van der Waals surface area contributed by atoms with Crippen LogP contribution in [0.3, 0.4) is 0 Å². The van der Waals surface area contributed by atoms with Crippen LogP contribution >= 0.6 is 0 Å². The minimum atomic E-state index is -4.70. The second kappa shape index (κ2) is 7.32. The van der Waals surface area contributed by atoms with Crippen LogP contribution in [0, 0.1) is 5.92 Å². The molecule has 1 aliphatic rings. The minimum Gasteiger partial charge on any atom is -0.443 e. The van der Waals surface area contributed by atoms with E-state index in [1.54, 1.807) is 24.3 Å². The van der Waals surface area contributed by atoms with E-state index in [0.717, 1.165) is 5.56 Å². The van der Waals surface area contributed by atoms with Crippen molar-refractivity contribution in [1.82, 2.24) is 10.9 Å². The van der Waals surface area contributed by atoms with Gasteiger partial charge in [-0.3, -0.25) is 15.0 Å². The van der Waals surface area contributed by atoms with E-state index in [2.05, 4.69) is 10.2 Å². The third kappa shape index (κ3) is 5.78. The van der Waals surface area contributed by atoms with Gasteiger partial charge in [-0.25, -0.2) is 10.2 Å². The summed E-state index contributed by atoms with van der Waals surface area (Å²) in [6.07, 6.45) is -6.68. The minimum absolute atomic E-state index is 0.0352. The van der Waals surface area contributed by atoms with E-state index < -0.39 is 30.4 Å². The van der Waals surface area contributed by atoms with Crippen LogP contribution in [0.4, 0.5) is 18.0 Å². The van der Waals surface area contributed by atoms with Crippen LogP contribution in [0.1, 0.15) is 18.4 Å². The zero-order chi connectivity index (χ0) is 16.9. The number of ether oxygens (including phenoxy) is 2. The summed E-state index contributed by atoms with van der Waals surface area (Å²) in [6.45, 7) is 0.0352. The smallest absolute Gasteiger partial charge is 0.443 e. The molecule has 0 aromatic heterocycles. The highest BCUT2D eigenvalue weighted by Gasteiger charge is 2.42. The molecule has 0 bridgehead atoms. The van der Waals surface area contributed by atoms with Crippen LogP contribution in [0.5, 0.6) is 0 Å². The van der Waals surface area contributed by atoms with Crippen molar-refractivity contribution >= 4 is 12.0 Å². The molecule has 1 aromatic carbocycles. The molecule has 0 spiro atoms. The van der Waals surface area contributed by atoms with Crippen LogP contribution in [-0.2, 0) is 20.9 Å². The third-order valence-corrected chi connectivity index (χ3v) is 3.27. The van der Waals surface area contributed by atoms with E-state index in [9.17, 15) is 22.8 Å². The molecule has 126 valence electrons. The van der Waals surface area contributed by atoms with Gasteiger partial charge in [0.2, 0.25) is 5.91 Å². The molecule has 0 saturated heterocycles. The number of hydrogen-bond acceptors (Lipinski definition) is 4. The Morgan fingerprint density at radius 3 is 2.39 bits per heavy atom. The summed E-state index contributed by atoms with van der Waals surface area (Å²) in [5.74, 6) is -1.21. The van der Waals surface area contributed by atoms with Crippen molar-refractivity contribution in [3.63, 3.8) is 0 Å². The molecule has 0 unspecified atom stereocenters. The average molecular weight is 332 g/mol. The number of carbonyl (C=O) groups is 2. The normalized spacial score (nSPS) is 20.3. The molecule has 6 nitrogen and oxygen atoms in total. The Labute approximate surface area is 129 Å². The van der Waals surface area contributed by atoms with Crippen molar-refractivity contribution in [3.05, 3.63) is 35.9 Å². The molecule has 23 heavy (non-hydrogen) atoms. The lowest BCUT2D eigenvalue weighted by Gasteiger charge is -2.34. The molecule has 0 atom stereocenters. The summed E-state index contributed by atoms with van der Waals surface area (Å²) in [7, 11) is 0. The van der Waals surface area contributed by atoms with Crippen LogP contribution in [0.25, 0.3) is 0 Å². The van der Waals surface area contributed by atoms with Crippen molar-refractivity contribution in [2.75, 3.05) is 0 Å². The molecular formula is C14H15F3N2O4. The Balaban J connectivity index is 1.61. The number of carbonyl (C=O) groups excluding carboxylic acids is 2. The summed E-state index contributed by atoms with van der Waals surface area (Å²) in [4.78, 5) is 23.0. The van der Waals surface area contributed by atoms with Crippen LogP contribution in [-0.4, -0.2) is 24.5 Å². The Bertz CT molecular complexity index is 545. The van der Waals surface area contributed by atoms with Gasteiger partial charge in [0.15, 0.2) is 0 Å². The van der Waals surface area contributed by atoms with Crippen LogP contribution < -0.4 is 10.9 Å². The Hall–Kier alpha value is -2.29. The van der Waals surface area contributed by atoms with E-state index in [0.29, 0.717) is 0 Å². The van der Waals surface area contributed by atoms with E-state index in [-0.39, 0.29) is 19.4 Å². The van der Waals surface area contributed by atoms with Crippen molar-refractivity contribution < 1.29 is 32.2 Å². The standard InChI is InChI=1S/C14H15F3N2O4/c15-14(16,17)23-11-6-10(7-11)12(20)18-19-13(21)22-8-9-4-2-1-3-5-9/h1-5,10-11H,6-8H2,(H,18,20)(H,19,21). The molecule has 0 aliphatic heterocycles. The molecule has 1 aliphatic carbocycles. The lowest BCUT2D eigenvalue weighted by atomic mass is 9.82. The fourth-order valence-corrected chi connectivity index (χ4v) is 2.04. The number of rotatable bonds is 4. The van der Waals surface area contributed by atoms with E-state index in [1.165, 1.54) is 0 Å². The predicted octanol–water partition coefficient (Wildman–Crippen LogP) is 2.26. The highest BCUT2D eigenvalue weighted by Crippen LogP contribution is 2.34. The molecule has 2 N–H and O–H groups in total. The van der Waals surface area contributed by atoms with Crippen molar-refractivity contribution in [2.45, 2.75) is 31.9 Å². The molecule has 0 heterocycles. The maximum Gasteiger partial charge on any atom is 0.522 e. The first kappa shape index (κ1) is 17.1. The van der Waals surface area contributed by atoms with Gasteiger partial charge in [0.25, 0.3) is 0 Å². The number of nitrogens with one attached hydrogen (secondary N) is 2. The van der Waals surface area contributed by atoms with Gasteiger partial charge in [0.1, 0.15) is 6.61 Å². The van der Waals surface area contributed by atoms with Crippen LogP contribution in [0.2, 0.25) is 0 Å². The summed E-state index contributed by atoms with van der Waals surface area (Å²) < 4.78 is 44.4.